The minimum absolute atomic E-state index is 0.127. The number of rotatable bonds is 8. The SMILES string of the molecule is NC(=O)c1cc(Oc2cccc(CCNC(=O)c3ccc(C(=O)O)cc3)c2)cc[nH+]1. The molecule has 0 atom stereocenters. The third-order valence-corrected chi connectivity index (χ3v) is 4.27. The molecule has 2 aromatic carbocycles. The van der Waals surface area contributed by atoms with Crippen LogP contribution in [0.2, 0.25) is 0 Å². The number of nitrogens with one attached hydrogen (secondary N) is 2. The maximum atomic E-state index is 12.2. The van der Waals surface area contributed by atoms with Gasteiger partial charge in [0, 0.05) is 18.2 Å². The van der Waals surface area contributed by atoms with E-state index in [2.05, 4.69) is 10.3 Å². The number of benzene rings is 2. The lowest BCUT2D eigenvalue weighted by atomic mass is 10.1. The third kappa shape index (κ3) is 5.41. The van der Waals surface area contributed by atoms with Crippen molar-refractivity contribution in [3.05, 3.63) is 89.2 Å². The van der Waals surface area contributed by atoms with Gasteiger partial charge in [0.1, 0.15) is 11.5 Å². The van der Waals surface area contributed by atoms with Crippen LogP contribution in [0.25, 0.3) is 0 Å². The molecule has 0 unspecified atom stereocenters. The molecule has 1 heterocycles. The number of aromatic amines is 1. The standard InChI is InChI=1S/C22H19N3O5/c23-20(26)19-13-18(9-11-24-19)30-17-3-1-2-14(12-17)8-10-25-21(27)15-4-6-16(7-5-15)22(28)29/h1-7,9,11-13H,8,10H2,(H2,23,26)(H,25,27)(H,28,29)/p+1. The van der Waals surface area contributed by atoms with Crippen LogP contribution < -0.4 is 20.8 Å². The van der Waals surface area contributed by atoms with Gasteiger partial charge in [0.2, 0.25) is 0 Å². The van der Waals surface area contributed by atoms with Crippen LogP contribution in [0, 0.1) is 0 Å². The van der Waals surface area contributed by atoms with Gasteiger partial charge in [0.05, 0.1) is 11.6 Å². The van der Waals surface area contributed by atoms with E-state index < -0.39 is 11.9 Å². The largest absolute Gasteiger partial charge is 0.478 e. The number of hydrogen-bond acceptors (Lipinski definition) is 4. The van der Waals surface area contributed by atoms with Crippen molar-refractivity contribution in [3.8, 4) is 11.5 Å². The van der Waals surface area contributed by atoms with E-state index >= 15 is 0 Å². The summed E-state index contributed by atoms with van der Waals surface area (Å²) in [6.07, 6.45) is 2.14. The quantitative estimate of drug-likeness (QED) is 0.527. The zero-order valence-electron chi connectivity index (χ0n) is 15.9. The van der Waals surface area contributed by atoms with E-state index in [-0.39, 0.29) is 17.2 Å². The molecule has 0 saturated carbocycles. The lowest BCUT2D eigenvalue weighted by Crippen LogP contribution is -2.25. The Morgan fingerprint density at radius 3 is 2.37 bits per heavy atom. The molecule has 30 heavy (non-hydrogen) atoms. The molecule has 1 aromatic heterocycles. The van der Waals surface area contributed by atoms with Gasteiger partial charge in [-0.3, -0.25) is 9.59 Å². The van der Waals surface area contributed by atoms with Crippen molar-refractivity contribution >= 4 is 17.8 Å². The summed E-state index contributed by atoms with van der Waals surface area (Å²) in [5.41, 5.74) is 6.96. The van der Waals surface area contributed by atoms with Crippen molar-refractivity contribution in [2.24, 2.45) is 5.73 Å². The van der Waals surface area contributed by atoms with Gasteiger partial charge in [-0.25, -0.2) is 9.78 Å². The highest BCUT2D eigenvalue weighted by molar-refractivity contribution is 5.95. The number of nitrogens with two attached hydrogens (primary N) is 1. The molecule has 0 fully saturated rings. The van der Waals surface area contributed by atoms with Crippen molar-refractivity contribution < 1.29 is 29.2 Å². The molecule has 0 radical (unpaired) electrons. The summed E-state index contributed by atoms with van der Waals surface area (Å²) >= 11 is 0. The van der Waals surface area contributed by atoms with E-state index in [0.29, 0.717) is 30.0 Å². The molecule has 5 N–H and O–H groups in total. The number of ether oxygens (including phenoxy) is 1. The number of carbonyl (C=O) groups excluding carboxylic acids is 2. The first-order valence-electron chi connectivity index (χ1n) is 9.12. The fourth-order valence-electron chi connectivity index (χ4n) is 2.74. The van der Waals surface area contributed by atoms with Crippen molar-refractivity contribution in [1.29, 1.82) is 0 Å². The van der Waals surface area contributed by atoms with Crippen LogP contribution >= 0.6 is 0 Å². The number of amides is 2. The lowest BCUT2D eigenvalue weighted by molar-refractivity contribution is -0.382. The number of hydrogen-bond donors (Lipinski definition) is 3. The average molecular weight is 406 g/mol. The van der Waals surface area contributed by atoms with E-state index in [1.165, 1.54) is 30.3 Å². The lowest BCUT2D eigenvalue weighted by Gasteiger charge is -2.08. The first kappa shape index (κ1) is 20.5. The van der Waals surface area contributed by atoms with Crippen LogP contribution in [0.5, 0.6) is 11.5 Å². The highest BCUT2D eigenvalue weighted by Gasteiger charge is 2.11. The highest BCUT2D eigenvalue weighted by Crippen LogP contribution is 2.22. The predicted molar refractivity (Wildman–Crippen MR) is 107 cm³/mol. The van der Waals surface area contributed by atoms with Gasteiger partial charge < -0.3 is 20.9 Å². The number of H-pyrrole nitrogens is 1. The molecule has 0 aliphatic rings. The summed E-state index contributed by atoms with van der Waals surface area (Å²) in [5.74, 6) is -0.840. The van der Waals surface area contributed by atoms with E-state index in [1.807, 2.05) is 18.2 Å². The topological polar surface area (TPSA) is 133 Å². The molecular weight excluding hydrogens is 386 g/mol. The molecule has 3 aromatic rings. The molecule has 152 valence electrons. The van der Waals surface area contributed by atoms with Gasteiger partial charge in [-0.15, -0.1) is 0 Å². The second-order valence-electron chi connectivity index (χ2n) is 6.44. The van der Waals surface area contributed by atoms with E-state index in [4.69, 9.17) is 15.6 Å². The Kier molecular flexibility index (Phi) is 6.39. The molecular formula is C22H20N3O5+. The summed E-state index contributed by atoms with van der Waals surface area (Å²) < 4.78 is 5.77. The number of carboxylic acids is 1. The Labute approximate surface area is 172 Å². The molecule has 0 aliphatic carbocycles. The molecule has 2 amide bonds. The minimum Gasteiger partial charge on any atom is -0.478 e. The number of carboxylic acid groups (broad SMARTS) is 1. The predicted octanol–water partition coefficient (Wildman–Crippen LogP) is 2.06. The Morgan fingerprint density at radius 2 is 1.67 bits per heavy atom. The normalized spacial score (nSPS) is 10.3. The maximum Gasteiger partial charge on any atom is 0.335 e. The van der Waals surface area contributed by atoms with E-state index in [9.17, 15) is 14.4 Å². The smallest absolute Gasteiger partial charge is 0.335 e. The van der Waals surface area contributed by atoms with Gasteiger partial charge in [0.25, 0.3) is 11.6 Å². The second kappa shape index (κ2) is 9.33. The number of aromatic carboxylic acids is 1. The molecule has 8 nitrogen and oxygen atoms in total. The van der Waals surface area contributed by atoms with Crippen LogP contribution in [0.4, 0.5) is 0 Å². The summed E-state index contributed by atoms with van der Waals surface area (Å²) in [4.78, 5) is 37.1. The van der Waals surface area contributed by atoms with E-state index in [0.717, 1.165) is 5.56 Å². The van der Waals surface area contributed by atoms with Gasteiger partial charge >= 0.3 is 11.9 Å². The van der Waals surface area contributed by atoms with Gasteiger partial charge in [-0.05, 0) is 48.4 Å². The van der Waals surface area contributed by atoms with Gasteiger partial charge in [0.15, 0.2) is 6.20 Å². The number of primary amides is 1. The average Bonchev–Trinajstić information content (AvgIpc) is 2.74. The highest BCUT2D eigenvalue weighted by atomic mass is 16.5. The maximum absolute atomic E-state index is 12.2. The van der Waals surface area contributed by atoms with Crippen molar-refractivity contribution in [1.82, 2.24) is 5.32 Å². The summed E-state index contributed by atoms with van der Waals surface area (Å²) in [6, 6.07) is 16.3. The first-order chi connectivity index (χ1) is 14.4. The number of carbonyl (C=O) groups is 3. The van der Waals surface area contributed by atoms with Crippen LogP contribution in [0.15, 0.2) is 66.9 Å². The van der Waals surface area contributed by atoms with Crippen LogP contribution in [-0.2, 0) is 6.42 Å². The Balaban J connectivity index is 1.56. The molecule has 0 aliphatic heterocycles. The third-order valence-electron chi connectivity index (χ3n) is 4.27. The molecule has 0 spiro atoms. The van der Waals surface area contributed by atoms with Crippen LogP contribution in [0.1, 0.15) is 36.8 Å². The summed E-state index contributed by atoms with van der Waals surface area (Å²) in [6.45, 7) is 0.398. The number of aromatic nitrogens is 1. The van der Waals surface area contributed by atoms with E-state index in [1.54, 1.807) is 18.3 Å². The van der Waals surface area contributed by atoms with Crippen molar-refractivity contribution in [3.63, 3.8) is 0 Å². The Morgan fingerprint density at radius 1 is 0.967 bits per heavy atom. The monoisotopic (exact) mass is 406 g/mol. The molecule has 0 bridgehead atoms. The van der Waals surface area contributed by atoms with Gasteiger partial charge in [-0.1, -0.05) is 12.1 Å². The van der Waals surface area contributed by atoms with Crippen LogP contribution in [-0.4, -0.2) is 29.4 Å². The van der Waals surface area contributed by atoms with Crippen molar-refractivity contribution in [2.45, 2.75) is 6.42 Å². The number of pyridine rings is 1. The summed E-state index contributed by atoms with van der Waals surface area (Å²) in [7, 11) is 0. The fraction of sp³-hybridized carbons (Fsp3) is 0.0909. The second-order valence-corrected chi connectivity index (χ2v) is 6.44. The Hall–Kier alpha value is -4.20. The molecule has 0 saturated heterocycles. The molecule has 3 rings (SSSR count). The minimum atomic E-state index is -1.04. The van der Waals surface area contributed by atoms with Crippen molar-refractivity contribution in [2.75, 3.05) is 6.54 Å². The summed E-state index contributed by atoms with van der Waals surface area (Å²) in [5, 5.41) is 11.7. The first-order valence-corrected chi connectivity index (χ1v) is 9.12. The fourth-order valence-corrected chi connectivity index (χ4v) is 2.74. The van der Waals surface area contributed by atoms with Gasteiger partial charge in [-0.2, -0.15) is 0 Å². The molecule has 8 heteroatoms. The zero-order valence-corrected chi connectivity index (χ0v) is 15.9. The Bertz CT molecular complexity index is 1080. The zero-order chi connectivity index (χ0) is 21.5. The van der Waals surface area contributed by atoms with Crippen LogP contribution in [0.3, 0.4) is 0 Å².